The van der Waals surface area contributed by atoms with E-state index in [9.17, 15) is 9.59 Å². The van der Waals surface area contributed by atoms with Crippen LogP contribution in [-0.4, -0.2) is 47.5 Å². The Bertz CT molecular complexity index is 666. The number of carbonyl (C=O) groups is 2. The first kappa shape index (κ1) is 18.0. The van der Waals surface area contributed by atoms with Gasteiger partial charge in [-0.3, -0.25) is 4.79 Å². The number of amides is 2. The summed E-state index contributed by atoms with van der Waals surface area (Å²) >= 11 is 1.53. The van der Waals surface area contributed by atoms with Crippen molar-refractivity contribution in [3.8, 4) is 0 Å². The number of carbonyl (C=O) groups excluding carboxylic acids is 1. The first-order valence-electron chi connectivity index (χ1n) is 7.88. The fraction of sp³-hybridized carbons (Fsp3) is 0.438. The first-order valence-corrected chi connectivity index (χ1v) is 8.76. The third-order valence-corrected chi connectivity index (χ3v) is 4.40. The summed E-state index contributed by atoms with van der Waals surface area (Å²) in [4.78, 5) is 30.4. The normalized spacial score (nSPS) is 13.4. The minimum Gasteiger partial charge on any atom is -0.465 e. The highest BCUT2D eigenvalue weighted by Crippen LogP contribution is 2.31. The molecule has 130 valence electrons. The van der Waals surface area contributed by atoms with E-state index in [1.54, 1.807) is 4.90 Å². The number of nitrogens with one attached hydrogen (secondary N) is 1. The van der Waals surface area contributed by atoms with Crippen molar-refractivity contribution in [2.45, 2.75) is 26.2 Å². The van der Waals surface area contributed by atoms with Gasteiger partial charge in [0, 0.05) is 31.6 Å². The summed E-state index contributed by atoms with van der Waals surface area (Å²) in [7, 11) is 0. The average molecular weight is 350 g/mol. The molecular weight excluding hydrogens is 328 g/mol. The highest BCUT2D eigenvalue weighted by atomic mass is 32.1. The zero-order valence-electron chi connectivity index (χ0n) is 13.6. The van der Waals surface area contributed by atoms with Crippen LogP contribution in [0.25, 0.3) is 6.08 Å². The Labute approximate surface area is 144 Å². The quantitative estimate of drug-likeness (QED) is 0.656. The lowest BCUT2D eigenvalue weighted by atomic mass is 10.1. The van der Waals surface area contributed by atoms with Gasteiger partial charge in [-0.05, 0) is 30.4 Å². The van der Waals surface area contributed by atoms with Gasteiger partial charge in [0.15, 0.2) is 0 Å². The molecule has 2 heterocycles. The molecule has 0 aliphatic carbocycles. The molecule has 1 aliphatic rings. The lowest BCUT2D eigenvalue weighted by Gasteiger charge is -2.23. The van der Waals surface area contributed by atoms with Gasteiger partial charge in [0.2, 0.25) is 5.91 Å². The molecule has 0 saturated heterocycles. The molecule has 0 radical (unpaired) electrons. The van der Waals surface area contributed by atoms with E-state index in [2.05, 4.69) is 10.3 Å². The number of aliphatic imine (C=N–C) groups is 1. The molecule has 1 aromatic heterocycles. The molecule has 1 aliphatic heterocycles. The summed E-state index contributed by atoms with van der Waals surface area (Å²) < 4.78 is 0. The topological polar surface area (TPSA) is 108 Å². The van der Waals surface area contributed by atoms with Crippen LogP contribution in [0.2, 0.25) is 0 Å². The van der Waals surface area contributed by atoms with Crippen LogP contribution in [-0.2, 0) is 4.79 Å². The second-order valence-electron chi connectivity index (χ2n) is 5.50. The van der Waals surface area contributed by atoms with Crippen molar-refractivity contribution in [2.24, 2.45) is 10.7 Å². The van der Waals surface area contributed by atoms with Crippen LogP contribution in [0, 0.1) is 0 Å². The van der Waals surface area contributed by atoms with Crippen molar-refractivity contribution in [2.75, 3.05) is 19.6 Å². The molecule has 8 heteroatoms. The van der Waals surface area contributed by atoms with Crippen molar-refractivity contribution in [1.29, 1.82) is 0 Å². The van der Waals surface area contributed by atoms with Crippen LogP contribution in [0.4, 0.5) is 10.5 Å². The van der Waals surface area contributed by atoms with E-state index in [4.69, 9.17) is 10.8 Å². The molecule has 0 atom stereocenters. The molecule has 2 rings (SSSR count). The molecule has 0 aromatic carbocycles. The number of hydrogen-bond donors (Lipinski definition) is 3. The lowest BCUT2D eigenvalue weighted by molar-refractivity contribution is -0.127. The first-order chi connectivity index (χ1) is 11.5. The van der Waals surface area contributed by atoms with Crippen LogP contribution < -0.4 is 11.1 Å². The standard InChI is InChI=1S/C16H22N4O3S/c1-2-6-20(7-3-5-18-16(22)23)15(21)11-9-13-12(4-8-24-13)19-14(17)10-11/h4,8-9,18H,2-3,5-7,10H2,1H3,(H2,17,19)(H,22,23). The second-order valence-corrected chi connectivity index (χ2v) is 6.44. The number of hydrogen-bond acceptors (Lipinski definition) is 5. The van der Waals surface area contributed by atoms with Gasteiger partial charge in [0.25, 0.3) is 0 Å². The summed E-state index contributed by atoms with van der Waals surface area (Å²) in [5, 5.41) is 12.8. The number of nitrogens with two attached hydrogens (primary N) is 1. The van der Waals surface area contributed by atoms with Crippen molar-refractivity contribution >= 4 is 40.9 Å². The molecule has 0 unspecified atom stereocenters. The summed E-state index contributed by atoms with van der Waals surface area (Å²) in [6.45, 7) is 3.45. The van der Waals surface area contributed by atoms with Crippen molar-refractivity contribution in [3.63, 3.8) is 0 Å². The number of thiophene rings is 1. The van der Waals surface area contributed by atoms with Gasteiger partial charge in [-0.2, -0.15) is 0 Å². The zero-order chi connectivity index (χ0) is 17.5. The van der Waals surface area contributed by atoms with Crippen LogP contribution in [0.1, 0.15) is 31.1 Å². The summed E-state index contributed by atoms with van der Waals surface area (Å²) in [6, 6.07) is 1.89. The van der Waals surface area contributed by atoms with E-state index >= 15 is 0 Å². The maximum absolute atomic E-state index is 12.9. The maximum Gasteiger partial charge on any atom is 0.404 e. The number of amidine groups is 1. The fourth-order valence-corrected chi connectivity index (χ4v) is 3.29. The van der Waals surface area contributed by atoms with E-state index in [1.165, 1.54) is 11.3 Å². The second kappa shape index (κ2) is 8.49. The monoisotopic (exact) mass is 350 g/mol. The smallest absolute Gasteiger partial charge is 0.404 e. The van der Waals surface area contributed by atoms with Crippen LogP contribution in [0.3, 0.4) is 0 Å². The Morgan fingerprint density at radius 3 is 2.96 bits per heavy atom. The SMILES string of the molecule is CCCN(CCCNC(=O)O)C(=O)C1=Cc2sccc2N=C(N)C1. The molecule has 7 nitrogen and oxygen atoms in total. The minimum atomic E-state index is -1.05. The Kier molecular flexibility index (Phi) is 6.36. The van der Waals surface area contributed by atoms with E-state index in [0.29, 0.717) is 43.9 Å². The van der Waals surface area contributed by atoms with E-state index in [1.807, 2.05) is 24.4 Å². The molecule has 2 amide bonds. The molecule has 0 saturated carbocycles. The van der Waals surface area contributed by atoms with Gasteiger partial charge in [0.1, 0.15) is 5.84 Å². The molecule has 1 aromatic rings. The summed E-state index contributed by atoms with van der Waals surface area (Å²) in [5.41, 5.74) is 7.36. The van der Waals surface area contributed by atoms with Gasteiger partial charge in [0.05, 0.1) is 10.6 Å². The number of rotatable bonds is 7. The Hall–Kier alpha value is -2.35. The van der Waals surface area contributed by atoms with Gasteiger partial charge in [-0.25, -0.2) is 9.79 Å². The minimum absolute atomic E-state index is 0.0634. The Balaban J connectivity index is 2.08. The molecule has 0 fully saturated rings. The largest absolute Gasteiger partial charge is 0.465 e. The zero-order valence-corrected chi connectivity index (χ0v) is 14.4. The Morgan fingerprint density at radius 1 is 1.46 bits per heavy atom. The van der Waals surface area contributed by atoms with Crippen molar-refractivity contribution in [1.82, 2.24) is 10.2 Å². The molecule has 0 bridgehead atoms. The van der Waals surface area contributed by atoms with Gasteiger partial charge in [-0.15, -0.1) is 11.3 Å². The van der Waals surface area contributed by atoms with E-state index in [0.717, 1.165) is 17.0 Å². The predicted molar refractivity (Wildman–Crippen MR) is 95.7 cm³/mol. The van der Waals surface area contributed by atoms with Crippen LogP contribution in [0.15, 0.2) is 22.0 Å². The third-order valence-electron chi connectivity index (χ3n) is 3.55. The van der Waals surface area contributed by atoms with Crippen molar-refractivity contribution in [3.05, 3.63) is 21.9 Å². The molecule has 24 heavy (non-hydrogen) atoms. The van der Waals surface area contributed by atoms with E-state index in [-0.39, 0.29) is 5.91 Å². The molecule has 0 spiro atoms. The highest BCUT2D eigenvalue weighted by molar-refractivity contribution is 7.11. The predicted octanol–water partition coefficient (Wildman–Crippen LogP) is 2.42. The summed E-state index contributed by atoms with van der Waals surface area (Å²) in [6.07, 6.45) is 2.54. The fourth-order valence-electron chi connectivity index (χ4n) is 2.50. The number of nitrogens with zero attached hydrogens (tertiary/aromatic N) is 2. The van der Waals surface area contributed by atoms with Crippen LogP contribution in [0.5, 0.6) is 0 Å². The van der Waals surface area contributed by atoms with Gasteiger partial charge < -0.3 is 21.1 Å². The van der Waals surface area contributed by atoms with Gasteiger partial charge in [-0.1, -0.05) is 6.92 Å². The van der Waals surface area contributed by atoms with E-state index < -0.39 is 6.09 Å². The number of carboxylic acid groups (broad SMARTS) is 1. The molecule has 4 N–H and O–H groups in total. The van der Waals surface area contributed by atoms with Crippen LogP contribution >= 0.6 is 11.3 Å². The third kappa shape index (κ3) is 4.82. The number of fused-ring (bicyclic) bond motifs is 1. The lowest BCUT2D eigenvalue weighted by Crippen LogP contribution is -2.36. The highest BCUT2D eigenvalue weighted by Gasteiger charge is 2.21. The molecular formula is C16H22N4O3S. The average Bonchev–Trinajstić information content (AvgIpc) is 2.89. The van der Waals surface area contributed by atoms with Crippen molar-refractivity contribution < 1.29 is 14.7 Å². The Morgan fingerprint density at radius 2 is 2.25 bits per heavy atom. The van der Waals surface area contributed by atoms with Gasteiger partial charge >= 0.3 is 6.09 Å². The summed E-state index contributed by atoms with van der Waals surface area (Å²) in [5.74, 6) is 0.363. The maximum atomic E-state index is 12.9.